The second kappa shape index (κ2) is 8.26. The van der Waals surface area contributed by atoms with E-state index in [4.69, 9.17) is 8.94 Å². The molecule has 0 atom stereocenters. The normalized spacial score (nSPS) is 13.4. The summed E-state index contributed by atoms with van der Waals surface area (Å²) in [5.74, 6) is 0.376. The first-order chi connectivity index (χ1) is 15.2. The van der Waals surface area contributed by atoms with Gasteiger partial charge >= 0.3 is 11.8 Å². The summed E-state index contributed by atoms with van der Waals surface area (Å²) in [5.41, 5.74) is 4.38. The number of aryl methyl sites for hydroxylation is 2. The Morgan fingerprint density at radius 3 is 2.90 bits per heavy atom. The van der Waals surface area contributed by atoms with Gasteiger partial charge in [-0.25, -0.2) is 0 Å². The van der Waals surface area contributed by atoms with Crippen LogP contribution >= 0.6 is 0 Å². The van der Waals surface area contributed by atoms with E-state index >= 15 is 0 Å². The van der Waals surface area contributed by atoms with Gasteiger partial charge in [-0.15, -0.1) is 0 Å². The van der Waals surface area contributed by atoms with Gasteiger partial charge in [-0.05, 0) is 43.9 Å². The molecule has 7 heteroatoms. The molecule has 1 N–H and O–H groups in total. The first kappa shape index (κ1) is 19.4. The van der Waals surface area contributed by atoms with E-state index in [9.17, 15) is 4.79 Å². The molecule has 1 aliphatic rings. The molecule has 0 saturated heterocycles. The molecular formula is C24H24N4O3. The minimum Gasteiger partial charge on any atom is -0.452 e. The first-order valence-electron chi connectivity index (χ1n) is 10.6. The number of anilines is 1. The number of furan rings is 1. The highest BCUT2D eigenvalue weighted by Crippen LogP contribution is 2.31. The van der Waals surface area contributed by atoms with Gasteiger partial charge in [-0.3, -0.25) is 4.79 Å². The average Bonchev–Trinajstić information content (AvgIpc) is 3.42. The smallest absolute Gasteiger partial charge is 0.316 e. The number of carbonyl (C=O) groups is 1. The van der Waals surface area contributed by atoms with E-state index < -0.39 is 0 Å². The molecule has 0 unspecified atom stereocenters. The van der Waals surface area contributed by atoms with Crippen molar-refractivity contribution in [2.45, 2.75) is 26.2 Å². The largest absolute Gasteiger partial charge is 0.452 e. The minimum atomic E-state index is -0.369. The van der Waals surface area contributed by atoms with Gasteiger partial charge in [0.05, 0.1) is 0 Å². The molecule has 158 valence electrons. The molecule has 0 saturated carbocycles. The molecule has 3 heterocycles. The third-order valence-electron chi connectivity index (χ3n) is 5.76. The number of para-hydroxylation sites is 2. The molecule has 2 aromatic heterocycles. The molecule has 2 aromatic carbocycles. The van der Waals surface area contributed by atoms with Crippen molar-refractivity contribution in [2.75, 3.05) is 24.5 Å². The van der Waals surface area contributed by atoms with Crippen LogP contribution in [0.2, 0.25) is 0 Å². The number of hydrogen-bond donors (Lipinski definition) is 1. The lowest BCUT2D eigenvalue weighted by molar-refractivity contribution is 0.0909. The lowest BCUT2D eigenvalue weighted by atomic mass is 10.0. The van der Waals surface area contributed by atoms with E-state index in [-0.39, 0.29) is 17.6 Å². The molecule has 1 aliphatic heterocycles. The first-order valence-corrected chi connectivity index (χ1v) is 10.6. The number of fused-ring (bicyclic) bond motifs is 2. The van der Waals surface area contributed by atoms with Gasteiger partial charge in [0.15, 0.2) is 5.76 Å². The van der Waals surface area contributed by atoms with E-state index in [2.05, 4.69) is 44.6 Å². The molecular weight excluding hydrogens is 392 g/mol. The van der Waals surface area contributed by atoms with Gasteiger partial charge in [-0.1, -0.05) is 41.6 Å². The van der Waals surface area contributed by atoms with E-state index in [1.165, 1.54) is 11.3 Å². The van der Waals surface area contributed by atoms with Crippen molar-refractivity contribution in [3.63, 3.8) is 0 Å². The highest BCUT2D eigenvalue weighted by Gasteiger charge is 2.21. The maximum Gasteiger partial charge on any atom is 0.316 e. The van der Waals surface area contributed by atoms with Crippen molar-refractivity contribution < 1.29 is 13.7 Å². The lowest BCUT2D eigenvalue weighted by Gasteiger charge is -2.31. The molecule has 7 nitrogen and oxygen atoms in total. The molecule has 5 rings (SSSR count). The second-order valence-electron chi connectivity index (χ2n) is 7.80. The molecule has 4 aromatic rings. The number of benzene rings is 2. The van der Waals surface area contributed by atoms with Gasteiger partial charge in [0.25, 0.3) is 0 Å². The predicted molar refractivity (Wildman–Crippen MR) is 118 cm³/mol. The van der Waals surface area contributed by atoms with E-state index in [0.717, 1.165) is 48.9 Å². The molecule has 0 radical (unpaired) electrons. The van der Waals surface area contributed by atoms with E-state index in [1.54, 1.807) is 0 Å². The Labute approximate surface area is 180 Å². The number of nitrogens with zero attached hydrogens (tertiary/aromatic N) is 3. The highest BCUT2D eigenvalue weighted by atomic mass is 16.5. The Kier molecular flexibility index (Phi) is 5.16. The van der Waals surface area contributed by atoms with Crippen LogP contribution in [0.3, 0.4) is 0 Å². The van der Waals surface area contributed by atoms with E-state index in [0.29, 0.717) is 12.3 Å². The quantitative estimate of drug-likeness (QED) is 0.470. The summed E-state index contributed by atoms with van der Waals surface area (Å²) in [6.07, 6.45) is 3.13. The molecule has 0 bridgehead atoms. The number of rotatable bonds is 6. The van der Waals surface area contributed by atoms with Crippen LogP contribution in [0.1, 0.15) is 34.7 Å². The van der Waals surface area contributed by atoms with Crippen LogP contribution in [-0.2, 0) is 6.42 Å². The summed E-state index contributed by atoms with van der Waals surface area (Å²) >= 11 is 0. The summed E-state index contributed by atoms with van der Waals surface area (Å²) in [7, 11) is 0. The molecule has 1 amide bonds. The number of carbonyl (C=O) groups excluding carboxylic acids is 1. The van der Waals surface area contributed by atoms with Gasteiger partial charge in [0.1, 0.15) is 5.58 Å². The number of nitrogens with one attached hydrogen (secondary N) is 1. The second-order valence-corrected chi connectivity index (χ2v) is 7.80. The number of amides is 1. The minimum absolute atomic E-state index is 0.0572. The zero-order valence-corrected chi connectivity index (χ0v) is 17.4. The fourth-order valence-electron chi connectivity index (χ4n) is 4.19. The van der Waals surface area contributed by atoms with Crippen molar-refractivity contribution in [1.82, 2.24) is 15.5 Å². The Balaban J connectivity index is 1.19. The molecule has 31 heavy (non-hydrogen) atoms. The van der Waals surface area contributed by atoms with Crippen LogP contribution in [0.4, 0.5) is 5.69 Å². The van der Waals surface area contributed by atoms with Crippen LogP contribution < -0.4 is 10.2 Å². The summed E-state index contributed by atoms with van der Waals surface area (Å²) in [5, 5.41) is 7.81. The Morgan fingerprint density at radius 1 is 1.16 bits per heavy atom. The van der Waals surface area contributed by atoms with Crippen LogP contribution in [0, 0.1) is 6.92 Å². The summed E-state index contributed by atoms with van der Waals surface area (Å²) in [4.78, 5) is 19.1. The topological polar surface area (TPSA) is 84.4 Å². The van der Waals surface area contributed by atoms with Crippen LogP contribution in [0.15, 0.2) is 57.5 Å². The Morgan fingerprint density at radius 2 is 2.00 bits per heavy atom. The van der Waals surface area contributed by atoms with Crippen LogP contribution in [-0.4, -0.2) is 35.7 Å². The maximum absolute atomic E-state index is 12.4. The van der Waals surface area contributed by atoms with Crippen molar-refractivity contribution >= 4 is 22.6 Å². The van der Waals surface area contributed by atoms with Gasteiger partial charge in [0.2, 0.25) is 5.82 Å². The van der Waals surface area contributed by atoms with Crippen molar-refractivity contribution in [1.29, 1.82) is 0 Å². The maximum atomic E-state index is 12.4. The summed E-state index contributed by atoms with van der Waals surface area (Å²) in [6, 6.07) is 16.3. The number of aromatic nitrogens is 2. The van der Waals surface area contributed by atoms with Gasteiger partial charge in [0, 0.05) is 36.3 Å². The SMILES string of the molecule is Cc1c(-c2noc(C(=O)NCCCN3CCCc4ccccc43)n2)oc2ccccc12. The fourth-order valence-corrected chi connectivity index (χ4v) is 4.19. The summed E-state index contributed by atoms with van der Waals surface area (Å²) < 4.78 is 11.0. The third-order valence-corrected chi connectivity index (χ3v) is 5.76. The number of hydrogen-bond acceptors (Lipinski definition) is 6. The summed E-state index contributed by atoms with van der Waals surface area (Å²) in [6.45, 7) is 4.42. The lowest BCUT2D eigenvalue weighted by Crippen LogP contribution is -2.33. The van der Waals surface area contributed by atoms with Crippen LogP contribution in [0.5, 0.6) is 0 Å². The van der Waals surface area contributed by atoms with Crippen molar-refractivity contribution in [3.8, 4) is 11.6 Å². The monoisotopic (exact) mass is 416 g/mol. The third kappa shape index (κ3) is 3.79. The Hall–Kier alpha value is -3.61. The zero-order chi connectivity index (χ0) is 21.2. The average molecular weight is 416 g/mol. The molecule has 0 aliphatic carbocycles. The van der Waals surface area contributed by atoms with Crippen LogP contribution in [0.25, 0.3) is 22.6 Å². The van der Waals surface area contributed by atoms with Crippen molar-refractivity contribution in [2.24, 2.45) is 0 Å². The van der Waals surface area contributed by atoms with Crippen molar-refractivity contribution in [3.05, 3.63) is 65.5 Å². The van der Waals surface area contributed by atoms with Gasteiger partial charge < -0.3 is 19.2 Å². The standard InChI is InChI=1S/C24H24N4O3/c1-16-18-10-3-5-12-20(18)30-21(16)22-26-24(31-27-22)23(29)25-13-7-15-28-14-6-9-17-8-2-4-11-19(17)28/h2-5,8,10-12H,6-7,9,13-15H2,1H3,(H,25,29). The fraction of sp³-hybridized carbons (Fsp3) is 0.292. The van der Waals surface area contributed by atoms with E-state index in [1.807, 2.05) is 31.2 Å². The van der Waals surface area contributed by atoms with Gasteiger partial charge in [-0.2, -0.15) is 4.98 Å². The molecule has 0 fully saturated rings. The zero-order valence-electron chi connectivity index (χ0n) is 17.4. The highest BCUT2D eigenvalue weighted by molar-refractivity contribution is 5.90. The predicted octanol–water partition coefficient (Wildman–Crippen LogP) is 4.36. The molecule has 0 spiro atoms. The Bertz CT molecular complexity index is 1230.